The standard InChI is InChI=1S/C20H29N3O2/c1-15-14-21-19-17(6-4-7-18(19)25-3)20(15)23-11-8-16(9-12-23)22(2)10-5-13-24/h4,6-7,14,16,24H,5,8-13H2,1-3H3. The molecule has 1 N–H and O–H groups in total. The summed E-state index contributed by atoms with van der Waals surface area (Å²) in [6.45, 7) is 5.47. The van der Waals surface area contributed by atoms with E-state index >= 15 is 0 Å². The maximum Gasteiger partial charge on any atom is 0.145 e. The highest BCUT2D eigenvalue weighted by Crippen LogP contribution is 2.35. The summed E-state index contributed by atoms with van der Waals surface area (Å²) in [5, 5.41) is 10.2. The molecule has 0 spiro atoms. The highest BCUT2D eigenvalue weighted by molar-refractivity contribution is 5.96. The van der Waals surface area contributed by atoms with Crippen molar-refractivity contribution in [2.45, 2.75) is 32.2 Å². The van der Waals surface area contributed by atoms with Crippen LogP contribution >= 0.6 is 0 Å². The summed E-state index contributed by atoms with van der Waals surface area (Å²) in [6, 6.07) is 6.76. The van der Waals surface area contributed by atoms with E-state index in [2.05, 4.69) is 34.8 Å². The number of nitrogens with zero attached hydrogens (tertiary/aromatic N) is 3. The molecular formula is C20H29N3O2. The number of fused-ring (bicyclic) bond motifs is 1. The molecule has 0 atom stereocenters. The number of anilines is 1. The number of aromatic nitrogens is 1. The summed E-state index contributed by atoms with van der Waals surface area (Å²) in [6.07, 6.45) is 5.11. The van der Waals surface area contributed by atoms with Gasteiger partial charge in [-0.05, 0) is 44.9 Å². The highest BCUT2D eigenvalue weighted by atomic mass is 16.5. The number of aliphatic hydroxyl groups is 1. The van der Waals surface area contributed by atoms with Crippen LogP contribution < -0.4 is 9.64 Å². The van der Waals surface area contributed by atoms with Crippen LogP contribution in [-0.2, 0) is 0 Å². The van der Waals surface area contributed by atoms with E-state index < -0.39 is 0 Å². The van der Waals surface area contributed by atoms with E-state index in [1.54, 1.807) is 7.11 Å². The molecule has 0 saturated carbocycles. The van der Waals surface area contributed by atoms with Crippen molar-refractivity contribution in [2.24, 2.45) is 0 Å². The van der Waals surface area contributed by atoms with E-state index in [0.717, 1.165) is 50.2 Å². The largest absolute Gasteiger partial charge is 0.494 e. The third-order valence-corrected chi connectivity index (χ3v) is 5.31. The average molecular weight is 343 g/mol. The highest BCUT2D eigenvalue weighted by Gasteiger charge is 2.24. The molecule has 25 heavy (non-hydrogen) atoms. The number of piperidine rings is 1. The summed E-state index contributed by atoms with van der Waals surface area (Å²) in [5.41, 5.74) is 3.45. The summed E-state index contributed by atoms with van der Waals surface area (Å²) >= 11 is 0. The Balaban J connectivity index is 1.80. The van der Waals surface area contributed by atoms with Gasteiger partial charge in [-0.3, -0.25) is 4.98 Å². The SMILES string of the molecule is COc1cccc2c(N3CCC(N(C)CCCO)CC3)c(C)cnc12. The molecule has 3 rings (SSSR count). The number of ether oxygens (including phenoxy) is 1. The molecule has 1 aromatic heterocycles. The van der Waals surface area contributed by atoms with Crippen molar-refractivity contribution in [2.75, 3.05) is 45.3 Å². The molecular weight excluding hydrogens is 314 g/mol. The van der Waals surface area contributed by atoms with Crippen molar-refractivity contribution in [3.8, 4) is 5.75 Å². The van der Waals surface area contributed by atoms with Gasteiger partial charge in [-0.25, -0.2) is 0 Å². The lowest BCUT2D eigenvalue weighted by atomic mass is 10.0. The third kappa shape index (κ3) is 3.72. The Hall–Kier alpha value is -1.85. The van der Waals surface area contributed by atoms with Crippen LogP contribution in [0.5, 0.6) is 5.75 Å². The van der Waals surface area contributed by atoms with Gasteiger partial charge in [-0.1, -0.05) is 12.1 Å². The molecule has 1 fully saturated rings. The zero-order chi connectivity index (χ0) is 17.8. The quantitative estimate of drug-likeness (QED) is 0.874. The number of hydrogen-bond donors (Lipinski definition) is 1. The van der Waals surface area contributed by atoms with E-state index in [0.29, 0.717) is 6.04 Å². The number of aliphatic hydroxyl groups excluding tert-OH is 1. The van der Waals surface area contributed by atoms with Gasteiger partial charge in [-0.15, -0.1) is 0 Å². The van der Waals surface area contributed by atoms with Crippen molar-refractivity contribution in [1.29, 1.82) is 0 Å². The molecule has 0 unspecified atom stereocenters. The number of methoxy groups -OCH3 is 1. The second kappa shape index (κ2) is 8.02. The number of pyridine rings is 1. The smallest absolute Gasteiger partial charge is 0.145 e. The number of para-hydroxylation sites is 1. The van der Waals surface area contributed by atoms with E-state index in [-0.39, 0.29) is 6.61 Å². The van der Waals surface area contributed by atoms with Gasteiger partial charge in [0.05, 0.1) is 12.8 Å². The maximum atomic E-state index is 9.03. The second-order valence-electron chi connectivity index (χ2n) is 6.92. The molecule has 0 amide bonds. The fourth-order valence-electron chi connectivity index (χ4n) is 3.90. The summed E-state index contributed by atoms with van der Waals surface area (Å²) in [5.74, 6) is 0.831. The van der Waals surface area contributed by atoms with Crippen molar-refractivity contribution >= 4 is 16.6 Å². The van der Waals surface area contributed by atoms with E-state index in [9.17, 15) is 0 Å². The molecule has 1 aliphatic heterocycles. The van der Waals surface area contributed by atoms with Crippen LogP contribution in [0.4, 0.5) is 5.69 Å². The van der Waals surface area contributed by atoms with Crippen LogP contribution in [0.1, 0.15) is 24.8 Å². The average Bonchev–Trinajstić information content (AvgIpc) is 2.65. The lowest BCUT2D eigenvalue weighted by Gasteiger charge is -2.38. The fourth-order valence-corrected chi connectivity index (χ4v) is 3.90. The van der Waals surface area contributed by atoms with Crippen LogP contribution in [-0.4, -0.2) is 61.4 Å². The van der Waals surface area contributed by atoms with E-state index in [1.807, 2.05) is 18.3 Å². The third-order valence-electron chi connectivity index (χ3n) is 5.31. The van der Waals surface area contributed by atoms with Crippen LogP contribution in [0.25, 0.3) is 10.9 Å². The van der Waals surface area contributed by atoms with Crippen LogP contribution in [0, 0.1) is 6.92 Å². The van der Waals surface area contributed by atoms with Crippen molar-refractivity contribution < 1.29 is 9.84 Å². The number of benzene rings is 1. The van der Waals surface area contributed by atoms with Gasteiger partial charge >= 0.3 is 0 Å². The minimum Gasteiger partial charge on any atom is -0.494 e. The van der Waals surface area contributed by atoms with Crippen LogP contribution in [0.15, 0.2) is 24.4 Å². The van der Waals surface area contributed by atoms with Crippen LogP contribution in [0.3, 0.4) is 0 Å². The Morgan fingerprint density at radius 2 is 2.08 bits per heavy atom. The molecule has 1 saturated heterocycles. The summed E-state index contributed by atoms with van der Waals surface area (Å²) < 4.78 is 5.49. The normalized spacial score (nSPS) is 16.0. The summed E-state index contributed by atoms with van der Waals surface area (Å²) in [7, 11) is 3.87. The molecule has 0 bridgehead atoms. The number of rotatable bonds is 6. The molecule has 2 heterocycles. The van der Waals surface area contributed by atoms with Gasteiger partial charge in [0.15, 0.2) is 0 Å². The van der Waals surface area contributed by atoms with Gasteiger partial charge < -0.3 is 19.6 Å². The molecule has 1 aliphatic rings. The molecule has 5 nitrogen and oxygen atoms in total. The first-order chi connectivity index (χ1) is 12.2. The van der Waals surface area contributed by atoms with Gasteiger partial charge in [-0.2, -0.15) is 0 Å². The Morgan fingerprint density at radius 1 is 1.32 bits per heavy atom. The zero-order valence-electron chi connectivity index (χ0n) is 15.5. The molecule has 0 aliphatic carbocycles. The maximum absolute atomic E-state index is 9.03. The Morgan fingerprint density at radius 3 is 2.76 bits per heavy atom. The van der Waals surface area contributed by atoms with Crippen LogP contribution in [0.2, 0.25) is 0 Å². The van der Waals surface area contributed by atoms with E-state index in [4.69, 9.17) is 9.84 Å². The van der Waals surface area contributed by atoms with Gasteiger partial charge in [0.1, 0.15) is 11.3 Å². The van der Waals surface area contributed by atoms with Gasteiger partial charge in [0.2, 0.25) is 0 Å². The minimum atomic E-state index is 0.271. The topological polar surface area (TPSA) is 48.8 Å². The number of hydrogen-bond acceptors (Lipinski definition) is 5. The van der Waals surface area contributed by atoms with Crippen molar-refractivity contribution in [3.63, 3.8) is 0 Å². The number of aryl methyl sites for hydroxylation is 1. The predicted octanol–water partition coefficient (Wildman–Crippen LogP) is 2.83. The first-order valence-electron chi connectivity index (χ1n) is 9.14. The van der Waals surface area contributed by atoms with E-state index in [1.165, 1.54) is 16.6 Å². The monoisotopic (exact) mass is 343 g/mol. The lowest BCUT2D eigenvalue weighted by molar-refractivity contribution is 0.184. The Labute approximate surface area is 150 Å². The molecule has 0 radical (unpaired) electrons. The fraction of sp³-hybridized carbons (Fsp3) is 0.550. The van der Waals surface area contributed by atoms with Gasteiger partial charge in [0.25, 0.3) is 0 Å². The first-order valence-corrected chi connectivity index (χ1v) is 9.14. The second-order valence-corrected chi connectivity index (χ2v) is 6.92. The van der Waals surface area contributed by atoms with Gasteiger partial charge in [0, 0.05) is 43.9 Å². The molecule has 136 valence electrons. The molecule has 1 aromatic carbocycles. The zero-order valence-corrected chi connectivity index (χ0v) is 15.5. The first kappa shape index (κ1) is 18.0. The minimum absolute atomic E-state index is 0.271. The Kier molecular flexibility index (Phi) is 5.76. The Bertz CT molecular complexity index is 711. The van der Waals surface area contributed by atoms with Crippen molar-refractivity contribution in [1.82, 2.24) is 9.88 Å². The molecule has 5 heteroatoms. The summed E-state index contributed by atoms with van der Waals surface area (Å²) in [4.78, 5) is 9.49. The lowest BCUT2D eigenvalue weighted by Crippen LogP contribution is -2.44. The molecule has 2 aromatic rings. The predicted molar refractivity (Wildman–Crippen MR) is 103 cm³/mol. The van der Waals surface area contributed by atoms with Crippen molar-refractivity contribution in [3.05, 3.63) is 30.0 Å².